The third-order valence-electron chi connectivity index (χ3n) is 4.98. The number of sulfonamides is 1. The van der Waals surface area contributed by atoms with Gasteiger partial charge in [-0.1, -0.05) is 12.1 Å². The number of hydrogen-bond acceptors (Lipinski definition) is 4. The van der Waals surface area contributed by atoms with Gasteiger partial charge < -0.3 is 9.64 Å². The molecule has 1 saturated heterocycles. The highest BCUT2D eigenvalue weighted by Crippen LogP contribution is 2.30. The fourth-order valence-corrected chi connectivity index (χ4v) is 4.65. The normalized spacial score (nSPS) is 15.8. The molecule has 1 amide bonds. The number of carbonyl (C=O) groups is 1. The van der Waals surface area contributed by atoms with Crippen molar-refractivity contribution >= 4 is 22.0 Å². The van der Waals surface area contributed by atoms with E-state index < -0.39 is 21.8 Å². The summed E-state index contributed by atoms with van der Waals surface area (Å²) in [6, 6.07) is 10.7. The van der Waals surface area contributed by atoms with Crippen LogP contribution in [0.3, 0.4) is 0 Å². The molecule has 1 heterocycles. The average Bonchev–Trinajstić information content (AvgIpc) is 2.78. The van der Waals surface area contributed by atoms with E-state index in [-0.39, 0.29) is 37.0 Å². The number of ether oxygens (including phenoxy) is 1. The van der Waals surface area contributed by atoms with Gasteiger partial charge in [0, 0.05) is 32.3 Å². The minimum Gasteiger partial charge on any atom is -0.494 e. The Labute approximate surface area is 184 Å². The second kappa shape index (κ2) is 9.74. The number of alkyl halides is 3. The van der Waals surface area contributed by atoms with Gasteiger partial charge in [0.2, 0.25) is 15.9 Å². The summed E-state index contributed by atoms with van der Waals surface area (Å²) in [7, 11) is -3.94. The van der Waals surface area contributed by atoms with E-state index in [0.29, 0.717) is 6.61 Å². The molecule has 0 bridgehead atoms. The molecule has 2 aromatic carbocycles. The quantitative estimate of drug-likeness (QED) is 0.607. The molecule has 32 heavy (non-hydrogen) atoms. The lowest BCUT2D eigenvalue weighted by molar-refractivity contribution is -0.137. The molecule has 0 radical (unpaired) electrons. The van der Waals surface area contributed by atoms with Gasteiger partial charge in [0.05, 0.1) is 17.1 Å². The summed E-state index contributed by atoms with van der Waals surface area (Å²) in [6.45, 7) is 2.95. The maximum atomic E-state index is 12.7. The fraction of sp³-hybridized carbons (Fsp3) is 0.318. The summed E-state index contributed by atoms with van der Waals surface area (Å²) >= 11 is 0. The molecule has 172 valence electrons. The lowest BCUT2D eigenvalue weighted by Crippen LogP contribution is -2.50. The van der Waals surface area contributed by atoms with Crippen LogP contribution in [0, 0.1) is 0 Å². The lowest BCUT2D eigenvalue weighted by atomic mass is 10.2. The predicted octanol–water partition coefficient (Wildman–Crippen LogP) is 3.65. The molecular formula is C22H23F3N2O4S. The Morgan fingerprint density at radius 2 is 1.59 bits per heavy atom. The van der Waals surface area contributed by atoms with E-state index in [9.17, 15) is 26.4 Å². The number of rotatable bonds is 6. The smallest absolute Gasteiger partial charge is 0.416 e. The summed E-state index contributed by atoms with van der Waals surface area (Å²) in [5.41, 5.74) is -0.0866. The minimum atomic E-state index is -4.53. The maximum absolute atomic E-state index is 12.7. The van der Waals surface area contributed by atoms with Gasteiger partial charge in [0.1, 0.15) is 5.75 Å². The molecular weight excluding hydrogens is 445 g/mol. The molecule has 1 aliphatic heterocycles. The first-order valence-corrected chi connectivity index (χ1v) is 11.4. The zero-order valence-corrected chi connectivity index (χ0v) is 18.2. The van der Waals surface area contributed by atoms with Crippen molar-refractivity contribution in [3.63, 3.8) is 0 Å². The van der Waals surface area contributed by atoms with Crippen LogP contribution in [0.4, 0.5) is 13.2 Å². The number of amides is 1. The molecule has 1 aliphatic rings. The molecule has 10 heteroatoms. The van der Waals surface area contributed by atoms with Crippen LogP contribution < -0.4 is 4.74 Å². The molecule has 0 unspecified atom stereocenters. The summed E-state index contributed by atoms with van der Waals surface area (Å²) in [4.78, 5) is 13.8. The van der Waals surface area contributed by atoms with Crippen molar-refractivity contribution < 1.29 is 31.1 Å². The van der Waals surface area contributed by atoms with Crippen LogP contribution in [0.25, 0.3) is 6.08 Å². The van der Waals surface area contributed by atoms with E-state index in [2.05, 4.69) is 0 Å². The second-order valence-corrected chi connectivity index (χ2v) is 9.02. The number of benzene rings is 2. The molecule has 0 aliphatic carbocycles. The minimum absolute atomic E-state index is 0.0615. The van der Waals surface area contributed by atoms with Gasteiger partial charge in [0.15, 0.2) is 0 Å². The predicted molar refractivity (Wildman–Crippen MR) is 113 cm³/mol. The van der Waals surface area contributed by atoms with Gasteiger partial charge in [-0.15, -0.1) is 0 Å². The lowest BCUT2D eigenvalue weighted by Gasteiger charge is -2.33. The number of piperazine rings is 1. The zero-order chi connectivity index (χ0) is 23.4. The topological polar surface area (TPSA) is 66.9 Å². The molecule has 1 fully saturated rings. The molecule has 0 N–H and O–H groups in total. The third kappa shape index (κ3) is 5.68. The summed E-state index contributed by atoms with van der Waals surface area (Å²) < 4.78 is 70.1. The second-order valence-electron chi connectivity index (χ2n) is 7.09. The van der Waals surface area contributed by atoms with E-state index in [1.54, 1.807) is 18.2 Å². The molecule has 0 aromatic heterocycles. The van der Waals surface area contributed by atoms with Gasteiger partial charge in [-0.25, -0.2) is 8.42 Å². The van der Waals surface area contributed by atoms with Crippen LogP contribution >= 0.6 is 0 Å². The van der Waals surface area contributed by atoms with Crippen LogP contribution in [0.2, 0.25) is 0 Å². The third-order valence-corrected chi connectivity index (χ3v) is 6.89. The number of carbonyl (C=O) groups excluding carboxylic acids is 1. The Balaban J connectivity index is 1.58. The molecule has 0 saturated carbocycles. The summed E-state index contributed by atoms with van der Waals surface area (Å²) in [6.07, 6.45) is -1.44. The first-order chi connectivity index (χ1) is 15.1. The molecule has 6 nitrogen and oxygen atoms in total. The van der Waals surface area contributed by atoms with Crippen LogP contribution in [0.1, 0.15) is 18.1 Å². The van der Waals surface area contributed by atoms with Gasteiger partial charge in [0.25, 0.3) is 0 Å². The van der Waals surface area contributed by atoms with Crippen LogP contribution in [-0.2, 0) is 21.0 Å². The van der Waals surface area contributed by atoms with E-state index in [1.807, 2.05) is 19.1 Å². The molecule has 0 spiro atoms. The van der Waals surface area contributed by atoms with Crippen molar-refractivity contribution in [2.45, 2.75) is 18.0 Å². The Morgan fingerprint density at radius 1 is 1.00 bits per heavy atom. The van der Waals surface area contributed by atoms with Crippen molar-refractivity contribution in [1.82, 2.24) is 9.21 Å². The van der Waals surface area contributed by atoms with Crippen molar-refractivity contribution in [2.75, 3.05) is 32.8 Å². The van der Waals surface area contributed by atoms with E-state index in [4.69, 9.17) is 4.74 Å². The molecule has 3 rings (SSSR count). The number of halogens is 3. The first kappa shape index (κ1) is 23.8. The summed E-state index contributed by atoms with van der Waals surface area (Å²) in [5.74, 6) is 0.492. The Bertz CT molecular complexity index is 1060. The van der Waals surface area contributed by atoms with Crippen molar-refractivity contribution in [3.05, 3.63) is 65.7 Å². The van der Waals surface area contributed by atoms with Gasteiger partial charge in [-0.05, 0) is 55.0 Å². The average molecular weight is 468 g/mol. The summed E-state index contributed by atoms with van der Waals surface area (Å²) in [5, 5.41) is 0. The fourth-order valence-electron chi connectivity index (χ4n) is 3.23. The van der Waals surface area contributed by atoms with E-state index in [0.717, 1.165) is 35.6 Å². The Morgan fingerprint density at radius 3 is 2.12 bits per heavy atom. The Hall–Kier alpha value is -2.85. The first-order valence-electron chi connectivity index (χ1n) is 9.98. The Kier molecular flexibility index (Phi) is 7.25. The van der Waals surface area contributed by atoms with Crippen molar-refractivity contribution in [3.8, 4) is 5.75 Å². The zero-order valence-electron chi connectivity index (χ0n) is 17.4. The standard InChI is InChI=1S/C22H23F3N2O4S/c1-2-31-19-8-3-17(4-9-19)5-12-21(28)26-13-15-27(16-14-26)32(29,30)20-10-6-18(7-11-20)22(23,24)25/h3-12H,2,13-16H2,1H3/b12-5+. The highest BCUT2D eigenvalue weighted by molar-refractivity contribution is 7.89. The number of hydrogen-bond donors (Lipinski definition) is 0. The molecule has 2 aromatic rings. The largest absolute Gasteiger partial charge is 0.494 e. The van der Waals surface area contributed by atoms with Crippen molar-refractivity contribution in [1.29, 1.82) is 0 Å². The maximum Gasteiger partial charge on any atom is 0.416 e. The highest BCUT2D eigenvalue weighted by Gasteiger charge is 2.33. The van der Waals surface area contributed by atoms with Gasteiger partial charge in [-0.3, -0.25) is 4.79 Å². The van der Waals surface area contributed by atoms with Gasteiger partial charge in [-0.2, -0.15) is 17.5 Å². The number of nitrogens with zero attached hydrogens (tertiary/aromatic N) is 2. The van der Waals surface area contributed by atoms with Crippen LogP contribution in [0.5, 0.6) is 5.75 Å². The molecule has 0 atom stereocenters. The van der Waals surface area contributed by atoms with Crippen LogP contribution in [0.15, 0.2) is 59.5 Å². The van der Waals surface area contributed by atoms with E-state index >= 15 is 0 Å². The van der Waals surface area contributed by atoms with Crippen LogP contribution in [-0.4, -0.2) is 56.3 Å². The van der Waals surface area contributed by atoms with E-state index in [1.165, 1.54) is 15.3 Å². The van der Waals surface area contributed by atoms with Crippen molar-refractivity contribution in [2.24, 2.45) is 0 Å². The highest BCUT2D eigenvalue weighted by atomic mass is 32.2. The monoisotopic (exact) mass is 468 g/mol. The van der Waals surface area contributed by atoms with Gasteiger partial charge >= 0.3 is 6.18 Å². The SMILES string of the molecule is CCOc1ccc(/C=C/C(=O)N2CCN(S(=O)(=O)c3ccc(C(F)(F)F)cc3)CC2)cc1.